The highest BCUT2D eigenvalue weighted by Crippen LogP contribution is 2.38. The van der Waals surface area contributed by atoms with E-state index in [-0.39, 0.29) is 11.8 Å². The third-order valence-corrected chi connectivity index (χ3v) is 4.57. The third kappa shape index (κ3) is 7.07. The lowest BCUT2D eigenvalue weighted by molar-refractivity contribution is -0.137. The van der Waals surface area contributed by atoms with Crippen molar-refractivity contribution in [2.75, 3.05) is 25.2 Å². The van der Waals surface area contributed by atoms with Gasteiger partial charge in [0.25, 0.3) is 0 Å². The van der Waals surface area contributed by atoms with Gasteiger partial charge in [0.1, 0.15) is 11.3 Å². The first-order valence-corrected chi connectivity index (χ1v) is 10.4. The van der Waals surface area contributed by atoms with Crippen LogP contribution in [0.3, 0.4) is 0 Å². The van der Waals surface area contributed by atoms with Crippen LogP contribution in [-0.2, 0) is 6.18 Å². The Kier molecular flexibility index (Phi) is 9.20. The van der Waals surface area contributed by atoms with Gasteiger partial charge in [-0.1, -0.05) is 45.6 Å². The summed E-state index contributed by atoms with van der Waals surface area (Å²) in [6, 6.07) is 6.87. The van der Waals surface area contributed by atoms with Crippen molar-refractivity contribution in [2.24, 2.45) is 0 Å². The number of hydrogen-bond donors (Lipinski definition) is 0. The number of unbranched alkanes of at least 4 members (excludes halogenated alkanes) is 4. The summed E-state index contributed by atoms with van der Waals surface area (Å²) in [7, 11) is 1.54. The summed E-state index contributed by atoms with van der Waals surface area (Å²) < 4.78 is 51.8. The molecule has 8 heteroatoms. The van der Waals surface area contributed by atoms with E-state index in [9.17, 15) is 13.2 Å². The fourth-order valence-corrected chi connectivity index (χ4v) is 2.81. The smallest absolute Gasteiger partial charge is 0.421 e. The number of rotatable bonds is 12. The predicted molar refractivity (Wildman–Crippen MR) is 112 cm³/mol. The molecule has 0 radical (unpaired) electrons. The van der Waals surface area contributed by atoms with Gasteiger partial charge in [-0.3, -0.25) is 0 Å². The maximum atomic E-state index is 13.6. The first-order chi connectivity index (χ1) is 14.4. The second-order valence-corrected chi connectivity index (χ2v) is 7.06. The molecule has 1 aromatic heterocycles. The summed E-state index contributed by atoms with van der Waals surface area (Å²) in [6.07, 6.45) is 2.07. The summed E-state index contributed by atoms with van der Waals surface area (Å²) in [5, 5.41) is 0. The number of benzene rings is 1. The number of nitrogens with zero attached hydrogens (tertiary/aromatic N) is 3. The minimum Gasteiger partial charge on any atom is -0.494 e. The molecule has 5 nitrogen and oxygen atoms in total. The molecule has 0 atom stereocenters. The van der Waals surface area contributed by atoms with Gasteiger partial charge in [-0.2, -0.15) is 18.2 Å². The molecule has 1 heterocycles. The first kappa shape index (κ1) is 23.8. The van der Waals surface area contributed by atoms with Crippen LogP contribution in [0.15, 0.2) is 30.5 Å². The topological polar surface area (TPSA) is 47.5 Å². The van der Waals surface area contributed by atoms with Gasteiger partial charge in [-0.05, 0) is 25.0 Å². The van der Waals surface area contributed by atoms with Crippen LogP contribution < -0.4 is 14.4 Å². The lowest BCUT2D eigenvalue weighted by atomic mass is 10.2. The van der Waals surface area contributed by atoms with Gasteiger partial charge in [0.2, 0.25) is 0 Å². The van der Waals surface area contributed by atoms with Crippen molar-refractivity contribution < 1.29 is 22.6 Å². The Morgan fingerprint density at radius 2 is 1.70 bits per heavy atom. The molecule has 2 aromatic rings. The van der Waals surface area contributed by atoms with Gasteiger partial charge < -0.3 is 14.4 Å². The Balaban J connectivity index is 2.23. The lowest BCUT2D eigenvalue weighted by Crippen LogP contribution is -2.19. The van der Waals surface area contributed by atoms with Crippen LogP contribution in [0.1, 0.15) is 57.9 Å². The second kappa shape index (κ2) is 11.6. The molecule has 0 unspecified atom stereocenters. The molecule has 0 aliphatic heterocycles. The van der Waals surface area contributed by atoms with Gasteiger partial charge in [0.05, 0.1) is 13.2 Å². The van der Waals surface area contributed by atoms with E-state index in [0.29, 0.717) is 24.7 Å². The van der Waals surface area contributed by atoms with Crippen LogP contribution in [0, 0.1) is 0 Å². The molecule has 0 saturated heterocycles. The lowest BCUT2D eigenvalue weighted by Gasteiger charge is -2.23. The Labute approximate surface area is 176 Å². The molecule has 0 bridgehead atoms. The van der Waals surface area contributed by atoms with E-state index in [1.54, 1.807) is 24.3 Å². The maximum Gasteiger partial charge on any atom is 0.421 e. The number of ether oxygens (including phenoxy) is 2. The molecule has 0 spiro atoms. The van der Waals surface area contributed by atoms with E-state index in [1.165, 1.54) is 11.9 Å². The van der Waals surface area contributed by atoms with Crippen LogP contribution in [0.5, 0.6) is 11.8 Å². The van der Waals surface area contributed by atoms with Crippen LogP contribution in [0.2, 0.25) is 0 Å². The minimum absolute atomic E-state index is 0.0586. The Hall–Kier alpha value is -2.51. The highest BCUT2D eigenvalue weighted by atomic mass is 19.4. The average Bonchev–Trinajstić information content (AvgIpc) is 2.72. The van der Waals surface area contributed by atoms with Gasteiger partial charge >= 0.3 is 12.2 Å². The second-order valence-electron chi connectivity index (χ2n) is 7.06. The number of hydrogen-bond acceptors (Lipinski definition) is 5. The van der Waals surface area contributed by atoms with Crippen molar-refractivity contribution in [3.63, 3.8) is 0 Å². The molecule has 30 heavy (non-hydrogen) atoms. The number of anilines is 2. The third-order valence-electron chi connectivity index (χ3n) is 4.57. The van der Waals surface area contributed by atoms with Crippen LogP contribution in [0.4, 0.5) is 24.7 Å². The highest BCUT2D eigenvalue weighted by molar-refractivity contribution is 5.64. The standard InChI is InChI=1S/C22H30F3N3O2/c1-4-6-8-9-14-30-21-26-16-19(22(23,24)25)20(27-21)28(3)17-11-10-12-18(15-17)29-13-7-5-2/h10-12,15-16H,4-9,13-14H2,1-3H3. The van der Waals surface area contributed by atoms with Gasteiger partial charge in [0, 0.05) is 25.0 Å². The van der Waals surface area contributed by atoms with E-state index in [4.69, 9.17) is 9.47 Å². The Morgan fingerprint density at radius 1 is 0.967 bits per heavy atom. The zero-order valence-corrected chi connectivity index (χ0v) is 17.8. The molecule has 166 valence electrons. The molecule has 1 aromatic carbocycles. The number of halogens is 3. The van der Waals surface area contributed by atoms with Crippen molar-refractivity contribution in [3.05, 3.63) is 36.0 Å². The normalized spacial score (nSPS) is 11.4. The summed E-state index contributed by atoms with van der Waals surface area (Å²) in [6.45, 7) is 5.09. The van der Waals surface area contributed by atoms with E-state index < -0.39 is 11.7 Å². The Bertz CT molecular complexity index is 784. The molecule has 2 rings (SSSR count). The van der Waals surface area contributed by atoms with E-state index in [1.807, 2.05) is 0 Å². The van der Waals surface area contributed by atoms with E-state index in [2.05, 4.69) is 23.8 Å². The monoisotopic (exact) mass is 425 g/mol. The van der Waals surface area contributed by atoms with E-state index in [0.717, 1.165) is 44.7 Å². The molecular weight excluding hydrogens is 395 g/mol. The largest absolute Gasteiger partial charge is 0.494 e. The molecule has 0 aliphatic carbocycles. The Morgan fingerprint density at radius 3 is 2.40 bits per heavy atom. The van der Waals surface area contributed by atoms with Crippen LogP contribution in [-0.4, -0.2) is 30.2 Å². The molecule has 0 aliphatic rings. The quantitative estimate of drug-likeness (QED) is 0.368. The van der Waals surface area contributed by atoms with Crippen molar-refractivity contribution in [2.45, 2.75) is 58.5 Å². The minimum atomic E-state index is -4.58. The van der Waals surface area contributed by atoms with Crippen molar-refractivity contribution >= 4 is 11.5 Å². The van der Waals surface area contributed by atoms with Crippen molar-refractivity contribution in [1.82, 2.24) is 9.97 Å². The van der Waals surface area contributed by atoms with Crippen molar-refractivity contribution in [3.8, 4) is 11.8 Å². The summed E-state index contributed by atoms with van der Waals surface area (Å²) in [4.78, 5) is 9.21. The zero-order chi connectivity index (χ0) is 22.0. The van der Waals surface area contributed by atoms with Gasteiger partial charge in [-0.15, -0.1) is 0 Å². The summed E-state index contributed by atoms with van der Waals surface area (Å²) >= 11 is 0. The maximum absolute atomic E-state index is 13.6. The van der Waals surface area contributed by atoms with Crippen LogP contribution in [0.25, 0.3) is 0 Å². The average molecular weight is 425 g/mol. The molecule has 0 fully saturated rings. The number of alkyl halides is 3. The SMILES string of the molecule is CCCCCCOc1ncc(C(F)(F)F)c(N(C)c2cccc(OCCCC)c2)n1. The highest BCUT2D eigenvalue weighted by Gasteiger charge is 2.36. The number of aromatic nitrogens is 2. The molecule has 0 amide bonds. The molecule has 0 N–H and O–H groups in total. The summed E-state index contributed by atoms with van der Waals surface area (Å²) in [5.74, 6) is 0.342. The first-order valence-electron chi connectivity index (χ1n) is 10.4. The predicted octanol–water partition coefficient (Wildman–Crippen LogP) is 6.40. The van der Waals surface area contributed by atoms with Gasteiger partial charge in [0.15, 0.2) is 5.82 Å². The van der Waals surface area contributed by atoms with Crippen LogP contribution >= 0.6 is 0 Å². The molecular formula is C22H30F3N3O2. The van der Waals surface area contributed by atoms with Gasteiger partial charge in [-0.25, -0.2) is 4.98 Å². The fraction of sp³-hybridized carbons (Fsp3) is 0.545. The zero-order valence-electron chi connectivity index (χ0n) is 17.8. The van der Waals surface area contributed by atoms with E-state index >= 15 is 0 Å². The fourth-order valence-electron chi connectivity index (χ4n) is 2.81. The molecule has 0 saturated carbocycles. The summed E-state index contributed by atoms with van der Waals surface area (Å²) in [5.41, 5.74) is -0.386. The van der Waals surface area contributed by atoms with Crippen molar-refractivity contribution in [1.29, 1.82) is 0 Å².